The minimum absolute atomic E-state index is 0. The molecule has 0 aliphatic heterocycles. The van der Waals surface area contributed by atoms with Gasteiger partial charge in [-0.25, -0.2) is 0 Å². The Morgan fingerprint density at radius 1 is 0.238 bits per heavy atom. The molecule has 0 heteroatoms. The van der Waals surface area contributed by atoms with Crippen LogP contribution in [0.5, 0.6) is 0 Å². The Balaban J connectivity index is -0.0000000680. The van der Waals surface area contributed by atoms with E-state index in [9.17, 15) is 0 Å². The molecule has 8 aromatic carbocycles. The van der Waals surface area contributed by atoms with Gasteiger partial charge in [-0.05, 0) is 75.4 Å². The number of allylic oxidation sites excluding steroid dienone is 5. The van der Waals surface area contributed by atoms with Gasteiger partial charge in [0, 0.05) is 0 Å². The van der Waals surface area contributed by atoms with Gasteiger partial charge in [-0.1, -0.05) is 568 Å². The average Bonchev–Trinajstić information content (AvgIpc) is 1.87. The SMILES string of the molecule is C.C.C.C1=CCC=C1.C1=Cc2ccccc2C1.C1CCCC1.CC.CC.CC.CC.CC.CC.CC.CC.CC.CCC.CCC.CCC.CCC.CCC.CCC.CCc1ccccc1.c1ccc(-c2ccccc2)cc1.c1ccc(Cc2ccccc2)cc1.c1ccc2ccccc2c1. The van der Waals surface area contributed by atoms with Crippen molar-refractivity contribution in [2.24, 2.45) is 0 Å². The van der Waals surface area contributed by atoms with E-state index in [1.54, 1.807) is 0 Å². The van der Waals surface area contributed by atoms with Crippen LogP contribution in [0.3, 0.4) is 0 Å². The molecule has 0 amide bonds. The van der Waals surface area contributed by atoms with E-state index in [0.717, 1.165) is 25.7 Å². The van der Waals surface area contributed by atoms with Crippen molar-refractivity contribution in [3.63, 3.8) is 0 Å². The lowest BCUT2D eigenvalue weighted by molar-refractivity contribution is 0.886. The number of hydrogen-bond donors (Lipinski definition) is 0. The van der Waals surface area contributed by atoms with Gasteiger partial charge in [0.05, 0.1) is 0 Å². The van der Waals surface area contributed by atoms with Crippen LogP contribution in [0.25, 0.3) is 28.0 Å². The Labute approximate surface area is 640 Å². The van der Waals surface area contributed by atoms with Crippen LogP contribution in [-0.2, 0) is 19.3 Å². The largest absolute Gasteiger partial charge is 0.0808 e. The van der Waals surface area contributed by atoms with Crippen LogP contribution in [0.2, 0.25) is 0 Å². The van der Waals surface area contributed by atoms with Crippen LogP contribution in [-0.4, -0.2) is 0 Å². The fourth-order valence-electron chi connectivity index (χ4n) is 7.01. The molecule has 582 valence electrons. The molecule has 0 aromatic heterocycles. The van der Waals surface area contributed by atoms with Gasteiger partial charge < -0.3 is 0 Å². The Hall–Kier alpha value is -6.76. The highest BCUT2D eigenvalue weighted by atomic mass is 14.1. The molecule has 1 saturated carbocycles. The number of benzene rings is 8. The average molecular weight is 1390 g/mol. The van der Waals surface area contributed by atoms with E-state index in [-0.39, 0.29) is 22.3 Å². The van der Waals surface area contributed by atoms with E-state index >= 15 is 0 Å². The molecule has 0 bridgehead atoms. The summed E-state index contributed by atoms with van der Waals surface area (Å²) in [4.78, 5) is 0. The minimum Gasteiger partial charge on any atom is -0.0808 e. The standard InChI is InChI=1S/C13H12.C12H10.C10H8.C9H8.C8H10.C5H10.C5H6.6C3H8.9C2H6.3CH4/c1-3-7-12(8-4-1)11-13-9-5-2-6-10-13;1-3-7-11(8-4-1)12-9-5-2-6-10-12;1-2-6-10-8-4-3-7-9(10)5-1;1-2-5-9-7-3-6-8(9)4-1;1-2-8-6-4-3-5-7-8;2*1-2-4-5-3-1;6*1-3-2;9*1-2;;;/h1-10H,11H2;1-10H;1-8H;1-6H,7H2;3-7H,2H2,1H3;1-5H2;1-4H,5H2;6*3H2,1-2H3;9*1-2H3;3*1H4. The van der Waals surface area contributed by atoms with E-state index in [2.05, 4.69) is 333 Å². The first-order valence-electron chi connectivity index (χ1n) is 40.0. The quantitative estimate of drug-likeness (QED) is 0.165. The monoisotopic (exact) mass is 1390 g/mol. The highest BCUT2D eigenvalue weighted by molar-refractivity contribution is 5.82. The van der Waals surface area contributed by atoms with Gasteiger partial charge in [0.2, 0.25) is 0 Å². The highest BCUT2D eigenvalue weighted by Crippen LogP contribution is 2.19. The topological polar surface area (TPSA) is 0 Å². The Morgan fingerprint density at radius 3 is 0.673 bits per heavy atom. The normalized spacial score (nSPS) is 9.02. The van der Waals surface area contributed by atoms with Gasteiger partial charge in [-0.15, -0.1) is 0 Å². The fraction of sp³-hybridized carbons (Fsp3) is 0.485. The van der Waals surface area contributed by atoms with Gasteiger partial charge in [0.1, 0.15) is 0 Å². The Morgan fingerprint density at radius 2 is 0.455 bits per heavy atom. The Bertz CT molecular complexity index is 2340. The second kappa shape index (κ2) is 130. The minimum atomic E-state index is 0. The lowest BCUT2D eigenvalue weighted by Crippen LogP contribution is -1.85. The summed E-state index contributed by atoms with van der Waals surface area (Å²) in [6.07, 6.45) is 32.2. The summed E-state index contributed by atoms with van der Waals surface area (Å²) in [5.74, 6) is 0. The first kappa shape index (κ1) is 127. The first-order chi connectivity index (χ1) is 48.3. The zero-order valence-corrected chi connectivity index (χ0v) is 70.9. The summed E-state index contributed by atoms with van der Waals surface area (Å²) >= 11 is 0. The lowest BCUT2D eigenvalue weighted by Gasteiger charge is -2.00. The predicted molar refractivity (Wildman–Crippen MR) is 491 cm³/mol. The van der Waals surface area contributed by atoms with Crippen molar-refractivity contribution in [1.82, 2.24) is 0 Å². The van der Waals surface area contributed by atoms with E-state index < -0.39 is 0 Å². The third kappa shape index (κ3) is 99.7. The second-order valence-electron chi connectivity index (χ2n) is 19.5. The zero-order chi connectivity index (χ0) is 77.2. The summed E-state index contributed by atoms with van der Waals surface area (Å²) in [7, 11) is 0. The number of aryl methyl sites for hydroxylation is 1. The highest BCUT2D eigenvalue weighted by Gasteiger charge is 2.00. The maximum atomic E-state index is 2.20. The Kier molecular flexibility index (Phi) is 163. The van der Waals surface area contributed by atoms with Crippen LogP contribution in [0, 0.1) is 0 Å². The van der Waals surface area contributed by atoms with Crippen LogP contribution in [0.1, 0.15) is 342 Å². The smallest absolute Gasteiger partial charge is 0.00258 e. The maximum absolute atomic E-state index is 2.20. The number of hydrogen-bond acceptors (Lipinski definition) is 0. The molecule has 0 N–H and O–H groups in total. The number of rotatable bonds is 4. The van der Waals surface area contributed by atoms with Gasteiger partial charge in [0.15, 0.2) is 0 Å². The maximum Gasteiger partial charge on any atom is -0.00258 e. The van der Waals surface area contributed by atoms with Crippen molar-refractivity contribution in [2.45, 2.75) is 333 Å². The molecule has 1 fully saturated rings. The summed E-state index contributed by atoms with van der Waals surface area (Å²) < 4.78 is 0. The summed E-state index contributed by atoms with van der Waals surface area (Å²) in [5.41, 5.74) is 9.54. The van der Waals surface area contributed by atoms with Gasteiger partial charge >= 0.3 is 0 Å². The van der Waals surface area contributed by atoms with E-state index in [1.807, 2.05) is 143 Å². The van der Waals surface area contributed by atoms with Crippen molar-refractivity contribution in [3.8, 4) is 11.1 Å². The number of fused-ring (bicyclic) bond motifs is 2. The zero-order valence-electron chi connectivity index (χ0n) is 70.9. The van der Waals surface area contributed by atoms with Crippen molar-refractivity contribution in [3.05, 3.63) is 283 Å². The summed E-state index contributed by atoms with van der Waals surface area (Å²) in [6.45, 7) is 63.7. The molecule has 3 aliphatic carbocycles. The van der Waals surface area contributed by atoms with Crippen molar-refractivity contribution in [2.75, 3.05) is 0 Å². The molecule has 0 unspecified atom stereocenters. The van der Waals surface area contributed by atoms with E-state index in [1.165, 1.54) is 120 Å². The van der Waals surface area contributed by atoms with Crippen LogP contribution in [0.15, 0.2) is 255 Å². The molecule has 0 atom stereocenters. The van der Waals surface area contributed by atoms with Crippen molar-refractivity contribution < 1.29 is 0 Å². The van der Waals surface area contributed by atoms with Gasteiger partial charge in [0.25, 0.3) is 0 Å². The first-order valence-corrected chi connectivity index (χ1v) is 40.0. The van der Waals surface area contributed by atoms with Crippen LogP contribution in [0.4, 0.5) is 0 Å². The second-order valence-corrected chi connectivity index (χ2v) is 19.5. The van der Waals surface area contributed by atoms with Crippen LogP contribution >= 0.6 is 0 Å². The van der Waals surface area contributed by atoms with Crippen molar-refractivity contribution >= 4 is 16.8 Å². The molecule has 101 heavy (non-hydrogen) atoms. The summed E-state index contributed by atoms with van der Waals surface area (Å²) in [5, 5.41) is 2.62. The third-order valence-electron chi connectivity index (χ3n) is 10.5. The molecule has 8 aromatic rings. The molecule has 0 spiro atoms. The van der Waals surface area contributed by atoms with Gasteiger partial charge in [-0.3, -0.25) is 0 Å². The summed E-state index contributed by atoms with van der Waals surface area (Å²) in [6, 6.07) is 77.5. The molecule has 0 saturated heterocycles. The fourth-order valence-corrected chi connectivity index (χ4v) is 7.01. The lowest BCUT2D eigenvalue weighted by atomic mass is 10.1. The molecular weight excluding hydrogens is 1210 g/mol. The molecule has 11 rings (SSSR count). The van der Waals surface area contributed by atoms with Crippen LogP contribution < -0.4 is 0 Å². The molecule has 0 heterocycles. The predicted octanol–water partition coefficient (Wildman–Crippen LogP) is 37.1. The van der Waals surface area contributed by atoms with Gasteiger partial charge in [-0.2, -0.15) is 0 Å². The molecule has 0 nitrogen and oxygen atoms in total. The molecular formula is C101H178. The third-order valence-corrected chi connectivity index (χ3v) is 10.5. The molecule has 0 radical (unpaired) electrons. The van der Waals surface area contributed by atoms with E-state index in [0.29, 0.717) is 0 Å². The molecule has 3 aliphatic rings. The van der Waals surface area contributed by atoms with Crippen molar-refractivity contribution in [1.29, 1.82) is 0 Å². The van der Waals surface area contributed by atoms with E-state index in [4.69, 9.17) is 0 Å².